The van der Waals surface area contributed by atoms with Crippen LogP contribution in [-0.4, -0.2) is 40.6 Å². The van der Waals surface area contributed by atoms with Gasteiger partial charge in [-0.1, -0.05) is 0 Å². The van der Waals surface area contributed by atoms with Gasteiger partial charge in [0, 0.05) is 24.4 Å². The monoisotopic (exact) mass is 289 g/mol. The molecule has 0 saturated carbocycles. The zero-order valence-corrected chi connectivity index (χ0v) is 12.0. The van der Waals surface area contributed by atoms with Gasteiger partial charge in [0.2, 0.25) is 5.91 Å². The van der Waals surface area contributed by atoms with Crippen LogP contribution in [0.4, 0.5) is 0 Å². The van der Waals surface area contributed by atoms with E-state index < -0.39 is 0 Å². The number of phenolic OH excluding ortho intramolecular Hbond substituents is 1. The van der Waals surface area contributed by atoms with Crippen molar-refractivity contribution in [2.45, 2.75) is 26.2 Å². The van der Waals surface area contributed by atoms with Crippen molar-refractivity contribution < 1.29 is 14.7 Å². The molecule has 112 valence electrons. The van der Waals surface area contributed by atoms with Gasteiger partial charge in [-0.15, -0.1) is 0 Å². The molecule has 6 heteroatoms. The SMILES string of the molecule is C/C(CC(=O)N1CCCC1)=N/NC(=O)c1ccc(O)cc1. The molecule has 0 unspecified atom stereocenters. The molecule has 1 aromatic carbocycles. The Morgan fingerprint density at radius 3 is 2.48 bits per heavy atom. The maximum atomic E-state index is 11.9. The fraction of sp³-hybridized carbons (Fsp3) is 0.400. The van der Waals surface area contributed by atoms with Crippen LogP contribution < -0.4 is 5.43 Å². The van der Waals surface area contributed by atoms with Crippen LogP contribution in [-0.2, 0) is 4.79 Å². The lowest BCUT2D eigenvalue weighted by Crippen LogP contribution is -2.29. The number of carbonyl (C=O) groups is 2. The number of hydrogen-bond acceptors (Lipinski definition) is 4. The molecule has 2 rings (SSSR count). The normalized spacial score (nSPS) is 15.1. The molecule has 0 atom stereocenters. The highest BCUT2D eigenvalue weighted by Crippen LogP contribution is 2.10. The first-order valence-electron chi connectivity index (χ1n) is 6.96. The Bertz CT molecular complexity index is 546. The van der Waals surface area contributed by atoms with E-state index in [2.05, 4.69) is 10.5 Å². The van der Waals surface area contributed by atoms with Crippen LogP contribution in [0.25, 0.3) is 0 Å². The van der Waals surface area contributed by atoms with Gasteiger partial charge in [-0.2, -0.15) is 5.10 Å². The number of hydrogen-bond donors (Lipinski definition) is 2. The first kappa shape index (κ1) is 15.0. The van der Waals surface area contributed by atoms with E-state index in [1.165, 1.54) is 24.3 Å². The topological polar surface area (TPSA) is 82.0 Å². The van der Waals surface area contributed by atoms with Crippen molar-refractivity contribution in [3.63, 3.8) is 0 Å². The molecule has 0 aromatic heterocycles. The van der Waals surface area contributed by atoms with E-state index in [9.17, 15) is 9.59 Å². The third-order valence-electron chi connectivity index (χ3n) is 3.34. The summed E-state index contributed by atoms with van der Waals surface area (Å²) >= 11 is 0. The molecular formula is C15H19N3O3. The third-order valence-corrected chi connectivity index (χ3v) is 3.34. The molecule has 1 aromatic rings. The summed E-state index contributed by atoms with van der Waals surface area (Å²) < 4.78 is 0. The molecule has 0 spiro atoms. The first-order valence-corrected chi connectivity index (χ1v) is 6.96. The van der Waals surface area contributed by atoms with Crippen molar-refractivity contribution in [3.8, 4) is 5.75 Å². The number of carbonyl (C=O) groups excluding carboxylic acids is 2. The summed E-state index contributed by atoms with van der Waals surface area (Å²) in [5.41, 5.74) is 3.38. The molecule has 1 heterocycles. The van der Waals surface area contributed by atoms with Gasteiger partial charge in [0.15, 0.2) is 0 Å². The van der Waals surface area contributed by atoms with E-state index in [1.54, 1.807) is 6.92 Å². The molecule has 21 heavy (non-hydrogen) atoms. The lowest BCUT2D eigenvalue weighted by Gasteiger charge is -2.14. The summed E-state index contributed by atoms with van der Waals surface area (Å²) in [6.45, 7) is 3.34. The van der Waals surface area contributed by atoms with Crippen molar-refractivity contribution in [1.82, 2.24) is 10.3 Å². The van der Waals surface area contributed by atoms with Crippen molar-refractivity contribution in [2.24, 2.45) is 5.10 Å². The Morgan fingerprint density at radius 2 is 1.86 bits per heavy atom. The van der Waals surface area contributed by atoms with Gasteiger partial charge in [-0.05, 0) is 44.0 Å². The maximum Gasteiger partial charge on any atom is 0.271 e. The Hall–Kier alpha value is -2.37. The summed E-state index contributed by atoms with van der Waals surface area (Å²) in [5, 5.41) is 13.1. The number of likely N-dealkylation sites (tertiary alicyclic amines) is 1. The molecule has 0 bridgehead atoms. The highest BCUT2D eigenvalue weighted by atomic mass is 16.3. The van der Waals surface area contributed by atoms with E-state index in [4.69, 9.17) is 5.11 Å². The Balaban J connectivity index is 1.86. The lowest BCUT2D eigenvalue weighted by atomic mass is 10.2. The fourth-order valence-corrected chi connectivity index (χ4v) is 2.16. The number of phenols is 1. The molecule has 1 aliphatic rings. The van der Waals surface area contributed by atoms with Crippen LogP contribution in [0.2, 0.25) is 0 Å². The predicted octanol–water partition coefficient (Wildman–Crippen LogP) is 1.51. The van der Waals surface area contributed by atoms with E-state index in [0.717, 1.165) is 25.9 Å². The smallest absolute Gasteiger partial charge is 0.271 e. The number of nitrogens with zero attached hydrogens (tertiary/aromatic N) is 2. The average Bonchev–Trinajstić information content (AvgIpc) is 3.00. The fourth-order valence-electron chi connectivity index (χ4n) is 2.16. The summed E-state index contributed by atoms with van der Waals surface area (Å²) in [6, 6.07) is 5.88. The van der Waals surface area contributed by atoms with Crippen LogP contribution in [0.5, 0.6) is 5.75 Å². The number of rotatable bonds is 4. The third kappa shape index (κ3) is 4.30. The summed E-state index contributed by atoms with van der Waals surface area (Å²) in [7, 11) is 0. The highest BCUT2D eigenvalue weighted by Gasteiger charge is 2.18. The van der Waals surface area contributed by atoms with E-state index in [-0.39, 0.29) is 24.0 Å². The van der Waals surface area contributed by atoms with Gasteiger partial charge < -0.3 is 10.0 Å². The van der Waals surface area contributed by atoms with E-state index in [1.807, 2.05) is 4.90 Å². The number of benzene rings is 1. The van der Waals surface area contributed by atoms with Crippen molar-refractivity contribution in [1.29, 1.82) is 0 Å². The van der Waals surface area contributed by atoms with E-state index in [0.29, 0.717) is 11.3 Å². The van der Waals surface area contributed by atoms with Gasteiger partial charge in [-0.25, -0.2) is 5.43 Å². The number of aromatic hydroxyl groups is 1. The minimum Gasteiger partial charge on any atom is -0.508 e. The molecule has 1 saturated heterocycles. The molecule has 1 fully saturated rings. The number of amides is 2. The quantitative estimate of drug-likeness (QED) is 0.651. The van der Waals surface area contributed by atoms with Gasteiger partial charge in [0.1, 0.15) is 5.75 Å². The van der Waals surface area contributed by atoms with Crippen LogP contribution in [0.15, 0.2) is 29.4 Å². The number of nitrogens with one attached hydrogen (secondary N) is 1. The molecule has 6 nitrogen and oxygen atoms in total. The van der Waals surface area contributed by atoms with Crippen LogP contribution in [0, 0.1) is 0 Å². The maximum absolute atomic E-state index is 11.9. The van der Waals surface area contributed by atoms with Gasteiger partial charge >= 0.3 is 0 Å². The van der Waals surface area contributed by atoms with Gasteiger partial charge in [-0.3, -0.25) is 9.59 Å². The summed E-state index contributed by atoms with van der Waals surface area (Å²) in [5.74, 6) is -0.224. The molecule has 2 amide bonds. The molecule has 2 N–H and O–H groups in total. The van der Waals surface area contributed by atoms with Gasteiger partial charge in [0.25, 0.3) is 5.91 Å². The van der Waals surface area contributed by atoms with E-state index >= 15 is 0 Å². The summed E-state index contributed by atoms with van der Waals surface area (Å²) in [6.07, 6.45) is 2.33. The Labute approximate surface area is 123 Å². The van der Waals surface area contributed by atoms with Crippen molar-refractivity contribution in [2.75, 3.05) is 13.1 Å². The minimum absolute atomic E-state index is 0.0487. The van der Waals surface area contributed by atoms with Crippen molar-refractivity contribution >= 4 is 17.5 Å². The second kappa shape index (κ2) is 6.88. The average molecular weight is 289 g/mol. The second-order valence-corrected chi connectivity index (χ2v) is 5.10. The lowest BCUT2D eigenvalue weighted by molar-refractivity contribution is -0.128. The van der Waals surface area contributed by atoms with Crippen LogP contribution in [0.1, 0.15) is 36.5 Å². The molecule has 0 radical (unpaired) electrons. The Kier molecular flexibility index (Phi) is 4.92. The number of hydrazone groups is 1. The Morgan fingerprint density at radius 1 is 1.24 bits per heavy atom. The minimum atomic E-state index is -0.372. The van der Waals surface area contributed by atoms with Gasteiger partial charge in [0.05, 0.1) is 6.42 Å². The van der Waals surface area contributed by atoms with Crippen LogP contribution >= 0.6 is 0 Å². The van der Waals surface area contributed by atoms with Crippen LogP contribution in [0.3, 0.4) is 0 Å². The summed E-state index contributed by atoms with van der Waals surface area (Å²) in [4.78, 5) is 25.5. The molecule has 0 aliphatic carbocycles. The largest absolute Gasteiger partial charge is 0.508 e. The first-order chi connectivity index (χ1) is 10.1. The van der Waals surface area contributed by atoms with Crippen molar-refractivity contribution in [3.05, 3.63) is 29.8 Å². The zero-order chi connectivity index (χ0) is 15.2. The zero-order valence-electron chi connectivity index (χ0n) is 12.0. The molecule has 1 aliphatic heterocycles. The standard InChI is InChI=1S/C15H19N3O3/c1-11(10-14(20)18-8-2-3-9-18)16-17-15(21)12-4-6-13(19)7-5-12/h4-7,19H,2-3,8-10H2,1H3,(H,17,21)/b16-11-. The highest BCUT2D eigenvalue weighted by molar-refractivity contribution is 6.01. The second-order valence-electron chi connectivity index (χ2n) is 5.10. The predicted molar refractivity (Wildman–Crippen MR) is 79.1 cm³/mol. The molecular weight excluding hydrogens is 270 g/mol.